The zero-order chi connectivity index (χ0) is 23.5. The average Bonchev–Trinajstić information content (AvgIpc) is 3.35. The van der Waals surface area contributed by atoms with E-state index in [4.69, 9.17) is 4.98 Å². The molecule has 2 N–H and O–H groups in total. The van der Waals surface area contributed by atoms with Gasteiger partial charge >= 0.3 is 6.03 Å². The van der Waals surface area contributed by atoms with Crippen LogP contribution < -0.4 is 21.1 Å². The van der Waals surface area contributed by atoms with Crippen LogP contribution in [0.15, 0.2) is 47.4 Å². The second kappa shape index (κ2) is 9.83. The molecule has 5 rings (SSSR count). The number of carbonyl (C=O) groups excluding carboxylic acids is 1. The lowest BCUT2D eigenvalue weighted by atomic mass is 10.1. The van der Waals surface area contributed by atoms with E-state index in [0.29, 0.717) is 42.7 Å². The van der Waals surface area contributed by atoms with Crippen molar-refractivity contribution in [2.45, 2.75) is 64.1 Å². The van der Waals surface area contributed by atoms with Crippen LogP contribution in [0.1, 0.15) is 49.7 Å². The van der Waals surface area contributed by atoms with Crippen LogP contribution in [0.5, 0.6) is 0 Å². The number of urea groups is 1. The monoisotopic (exact) mass is 460 g/mol. The number of carbonyl (C=O) groups is 1. The number of anilines is 1. The molecule has 2 fully saturated rings. The Morgan fingerprint density at radius 1 is 1.00 bits per heavy atom. The van der Waals surface area contributed by atoms with Gasteiger partial charge in [-0.05, 0) is 50.3 Å². The summed E-state index contributed by atoms with van der Waals surface area (Å²) in [6, 6.07) is 12.3. The van der Waals surface area contributed by atoms with E-state index in [-0.39, 0.29) is 17.6 Å². The Balaban J connectivity index is 1.32. The summed E-state index contributed by atoms with van der Waals surface area (Å²) in [5.74, 6) is 0.460. The first-order valence-corrected chi connectivity index (χ1v) is 12.3. The molecule has 8 heteroatoms. The van der Waals surface area contributed by atoms with Crippen molar-refractivity contribution in [3.63, 3.8) is 0 Å². The number of benzene rings is 1. The third kappa shape index (κ3) is 4.90. The molecule has 1 saturated heterocycles. The van der Waals surface area contributed by atoms with E-state index in [2.05, 4.69) is 27.8 Å². The zero-order valence-electron chi connectivity index (χ0n) is 19.7. The summed E-state index contributed by atoms with van der Waals surface area (Å²) in [7, 11) is 0. The minimum Gasteiger partial charge on any atom is -0.352 e. The maximum absolute atomic E-state index is 13.5. The lowest BCUT2D eigenvalue weighted by Gasteiger charge is -2.33. The van der Waals surface area contributed by atoms with Crippen molar-refractivity contribution in [3.05, 3.63) is 64.1 Å². The summed E-state index contributed by atoms with van der Waals surface area (Å²) in [6.45, 7) is 3.84. The van der Waals surface area contributed by atoms with Gasteiger partial charge in [-0.2, -0.15) is 0 Å². The number of nitrogens with one attached hydrogen (secondary N) is 2. The van der Waals surface area contributed by atoms with Gasteiger partial charge in [0.25, 0.3) is 5.56 Å². The van der Waals surface area contributed by atoms with E-state index in [1.807, 2.05) is 36.1 Å². The molecule has 34 heavy (non-hydrogen) atoms. The molecule has 1 aliphatic carbocycles. The molecule has 178 valence electrons. The minimum absolute atomic E-state index is 0.0688. The second-order valence-electron chi connectivity index (χ2n) is 9.52. The van der Waals surface area contributed by atoms with Crippen molar-refractivity contribution in [2.75, 3.05) is 18.0 Å². The molecule has 2 aliphatic rings. The number of amides is 2. The Morgan fingerprint density at radius 2 is 1.68 bits per heavy atom. The number of pyridine rings is 1. The molecule has 0 spiro atoms. The smallest absolute Gasteiger partial charge is 0.315 e. The van der Waals surface area contributed by atoms with Gasteiger partial charge in [0.1, 0.15) is 5.52 Å². The summed E-state index contributed by atoms with van der Waals surface area (Å²) < 4.78 is 1.72. The number of piperidine rings is 1. The summed E-state index contributed by atoms with van der Waals surface area (Å²) in [6.07, 6.45) is 7.79. The van der Waals surface area contributed by atoms with E-state index in [0.717, 1.165) is 31.2 Å². The highest BCUT2D eigenvalue weighted by Gasteiger charge is 2.26. The fraction of sp³-hybridized carbons (Fsp3) is 0.462. The predicted molar refractivity (Wildman–Crippen MR) is 133 cm³/mol. The van der Waals surface area contributed by atoms with Crippen molar-refractivity contribution in [1.29, 1.82) is 0 Å². The standard InChI is InChI=1S/C26H32N6O2/c1-18-8-10-19(11-9-18)17-32-23-22(7-4-14-27-23)30-24(25(32)33)31-15-12-21(13-16-31)29-26(34)28-20-5-2-3-6-20/h4,7-11,14,20-21H,2-3,5-6,12-13,15-17H2,1H3,(H2,28,29,34). The molecule has 2 aromatic heterocycles. The van der Waals surface area contributed by atoms with Crippen LogP contribution in [0.2, 0.25) is 0 Å². The summed E-state index contributed by atoms with van der Waals surface area (Å²) in [4.78, 5) is 37.1. The molecular formula is C26H32N6O2. The molecule has 1 aromatic carbocycles. The van der Waals surface area contributed by atoms with E-state index in [1.54, 1.807) is 10.8 Å². The molecule has 0 bridgehead atoms. The van der Waals surface area contributed by atoms with Crippen molar-refractivity contribution in [2.24, 2.45) is 0 Å². The molecule has 3 aromatic rings. The van der Waals surface area contributed by atoms with E-state index >= 15 is 0 Å². The topological polar surface area (TPSA) is 92.2 Å². The van der Waals surface area contributed by atoms with E-state index in [9.17, 15) is 9.59 Å². The molecule has 0 unspecified atom stereocenters. The predicted octanol–water partition coefficient (Wildman–Crippen LogP) is 3.36. The normalized spacial score (nSPS) is 17.3. The third-order valence-electron chi connectivity index (χ3n) is 6.97. The van der Waals surface area contributed by atoms with Gasteiger partial charge in [0, 0.05) is 31.4 Å². The molecule has 0 atom stereocenters. The maximum Gasteiger partial charge on any atom is 0.315 e. The van der Waals surface area contributed by atoms with Gasteiger partial charge in [0.15, 0.2) is 11.5 Å². The maximum atomic E-state index is 13.5. The van der Waals surface area contributed by atoms with Crippen molar-refractivity contribution < 1.29 is 4.79 Å². The van der Waals surface area contributed by atoms with Crippen LogP contribution in [-0.2, 0) is 6.54 Å². The molecular weight excluding hydrogens is 428 g/mol. The number of hydrogen-bond acceptors (Lipinski definition) is 5. The minimum atomic E-state index is -0.128. The Morgan fingerprint density at radius 3 is 2.38 bits per heavy atom. The highest BCUT2D eigenvalue weighted by molar-refractivity contribution is 5.75. The first-order valence-electron chi connectivity index (χ1n) is 12.3. The fourth-order valence-electron chi connectivity index (χ4n) is 5.01. The van der Waals surface area contributed by atoms with Gasteiger partial charge in [-0.25, -0.2) is 14.8 Å². The number of aryl methyl sites for hydroxylation is 1. The number of hydrogen-bond donors (Lipinski definition) is 2. The van der Waals surface area contributed by atoms with E-state index in [1.165, 1.54) is 18.4 Å². The molecule has 8 nitrogen and oxygen atoms in total. The van der Waals surface area contributed by atoms with Gasteiger partial charge in [0.2, 0.25) is 0 Å². The van der Waals surface area contributed by atoms with Crippen molar-refractivity contribution in [1.82, 2.24) is 25.2 Å². The van der Waals surface area contributed by atoms with Crippen LogP contribution in [0.3, 0.4) is 0 Å². The number of aromatic nitrogens is 3. The lowest BCUT2D eigenvalue weighted by molar-refractivity contribution is 0.230. The average molecular weight is 461 g/mol. The summed E-state index contributed by atoms with van der Waals surface area (Å²) in [5, 5.41) is 6.22. The second-order valence-corrected chi connectivity index (χ2v) is 9.52. The quantitative estimate of drug-likeness (QED) is 0.609. The van der Waals surface area contributed by atoms with Crippen LogP contribution in [0, 0.1) is 6.92 Å². The fourth-order valence-corrected chi connectivity index (χ4v) is 5.01. The summed E-state index contributed by atoms with van der Waals surface area (Å²) in [5.41, 5.74) is 3.41. The zero-order valence-corrected chi connectivity index (χ0v) is 19.7. The van der Waals surface area contributed by atoms with E-state index < -0.39 is 0 Å². The first kappa shape index (κ1) is 22.4. The van der Waals surface area contributed by atoms with Crippen molar-refractivity contribution >= 4 is 23.0 Å². The lowest BCUT2D eigenvalue weighted by Crippen LogP contribution is -2.50. The molecule has 3 heterocycles. The highest BCUT2D eigenvalue weighted by atomic mass is 16.2. The van der Waals surface area contributed by atoms with Crippen molar-refractivity contribution in [3.8, 4) is 0 Å². The number of rotatable bonds is 5. The molecule has 1 aliphatic heterocycles. The first-order chi connectivity index (χ1) is 16.6. The van der Waals surface area contributed by atoms with Crippen LogP contribution in [0.25, 0.3) is 11.2 Å². The Bertz CT molecular complexity index is 1210. The number of fused-ring (bicyclic) bond motifs is 1. The largest absolute Gasteiger partial charge is 0.352 e. The van der Waals surface area contributed by atoms with Crippen LogP contribution in [-0.4, -0.2) is 45.7 Å². The number of nitrogens with zero attached hydrogens (tertiary/aromatic N) is 4. The highest BCUT2D eigenvalue weighted by Crippen LogP contribution is 2.20. The van der Waals surface area contributed by atoms with Gasteiger partial charge in [-0.15, -0.1) is 0 Å². The molecule has 1 saturated carbocycles. The van der Waals surface area contributed by atoms with Gasteiger partial charge in [-0.3, -0.25) is 9.36 Å². The van der Waals surface area contributed by atoms with Crippen LogP contribution >= 0.6 is 0 Å². The van der Waals surface area contributed by atoms with Gasteiger partial charge < -0.3 is 15.5 Å². The summed E-state index contributed by atoms with van der Waals surface area (Å²) >= 11 is 0. The SMILES string of the molecule is Cc1ccc(Cn2c(=O)c(N3CCC(NC(=O)NC4CCCC4)CC3)nc3cccnc32)cc1. The Labute approximate surface area is 199 Å². The Hall–Kier alpha value is -3.42. The molecule has 0 radical (unpaired) electrons. The molecule has 2 amide bonds. The van der Waals surface area contributed by atoms with Gasteiger partial charge in [-0.1, -0.05) is 42.7 Å². The Kier molecular flexibility index (Phi) is 6.47. The third-order valence-corrected chi connectivity index (χ3v) is 6.97. The van der Waals surface area contributed by atoms with Crippen LogP contribution in [0.4, 0.5) is 10.6 Å². The van der Waals surface area contributed by atoms with Gasteiger partial charge in [0.05, 0.1) is 6.54 Å².